The molecule has 0 atom stereocenters. The van der Waals surface area contributed by atoms with Gasteiger partial charge in [0, 0.05) is 17.6 Å². The number of nitrogens with zero attached hydrogens (tertiary/aromatic N) is 1. The van der Waals surface area contributed by atoms with Crippen molar-refractivity contribution in [3.8, 4) is 0 Å². The second-order valence-electron chi connectivity index (χ2n) is 3.69. The molecule has 1 aromatic heterocycles. The number of benzene rings is 1. The third kappa shape index (κ3) is 2.48. The maximum atomic E-state index is 5.85. The number of hydrogen-bond acceptors (Lipinski definition) is 2. The zero-order chi connectivity index (χ0) is 11.4. The maximum Gasteiger partial charge on any atom is 0.0387 e. The molecule has 0 spiro atoms. The minimum absolute atomic E-state index is 0.796. The molecule has 0 bridgehead atoms. The van der Waals surface area contributed by atoms with Crippen molar-refractivity contribution in [1.29, 1.82) is 0 Å². The highest BCUT2D eigenvalue weighted by atomic mass is 14.6. The zero-order valence-corrected chi connectivity index (χ0v) is 9.22. The fourth-order valence-corrected chi connectivity index (χ4v) is 1.52. The molecule has 2 rings (SSSR count). The van der Waals surface area contributed by atoms with Crippen LogP contribution in [0, 0.1) is 6.92 Å². The van der Waals surface area contributed by atoms with Crippen molar-refractivity contribution in [2.75, 3.05) is 5.73 Å². The smallest absolute Gasteiger partial charge is 0.0387 e. The minimum atomic E-state index is 0.796. The lowest BCUT2D eigenvalue weighted by molar-refractivity contribution is 1.20. The Balaban J connectivity index is 2.25. The Labute approximate surface area is 95.5 Å². The maximum absolute atomic E-state index is 5.85. The van der Waals surface area contributed by atoms with Crippen molar-refractivity contribution in [3.05, 3.63) is 59.4 Å². The van der Waals surface area contributed by atoms with Crippen LogP contribution in [-0.2, 0) is 0 Å². The van der Waals surface area contributed by atoms with E-state index in [2.05, 4.69) is 4.98 Å². The van der Waals surface area contributed by atoms with E-state index in [0.717, 1.165) is 22.5 Å². The second kappa shape index (κ2) is 4.62. The lowest BCUT2D eigenvalue weighted by atomic mass is 10.1. The summed E-state index contributed by atoms with van der Waals surface area (Å²) in [6, 6.07) is 11.8. The highest BCUT2D eigenvalue weighted by Crippen LogP contribution is 2.14. The Morgan fingerprint density at radius 3 is 2.69 bits per heavy atom. The van der Waals surface area contributed by atoms with Crippen molar-refractivity contribution in [2.45, 2.75) is 6.92 Å². The molecule has 0 aliphatic rings. The van der Waals surface area contributed by atoms with Crippen molar-refractivity contribution < 1.29 is 0 Å². The van der Waals surface area contributed by atoms with E-state index in [1.807, 2.05) is 61.7 Å². The van der Waals surface area contributed by atoms with E-state index in [1.165, 1.54) is 0 Å². The molecule has 16 heavy (non-hydrogen) atoms. The van der Waals surface area contributed by atoms with Gasteiger partial charge in [-0.2, -0.15) is 0 Å². The lowest BCUT2D eigenvalue weighted by Crippen LogP contribution is -1.87. The molecule has 0 unspecified atom stereocenters. The van der Waals surface area contributed by atoms with E-state index in [4.69, 9.17) is 5.73 Å². The number of aryl methyl sites for hydroxylation is 1. The first-order chi connectivity index (χ1) is 7.75. The van der Waals surface area contributed by atoms with Crippen molar-refractivity contribution >= 4 is 17.8 Å². The molecule has 2 N–H and O–H groups in total. The summed E-state index contributed by atoms with van der Waals surface area (Å²) in [5.41, 5.74) is 9.84. The number of para-hydroxylation sites is 1. The van der Waals surface area contributed by atoms with Crippen LogP contribution in [0.25, 0.3) is 12.2 Å². The Kier molecular flexibility index (Phi) is 3.01. The summed E-state index contributed by atoms with van der Waals surface area (Å²) in [6.45, 7) is 1.98. The second-order valence-corrected chi connectivity index (χ2v) is 3.69. The van der Waals surface area contributed by atoms with Crippen molar-refractivity contribution in [3.63, 3.8) is 0 Å². The predicted molar refractivity (Wildman–Crippen MR) is 68.8 cm³/mol. The Hall–Kier alpha value is -2.09. The predicted octanol–water partition coefficient (Wildman–Crippen LogP) is 3.14. The van der Waals surface area contributed by atoms with Crippen LogP contribution in [0.4, 0.5) is 5.69 Å². The number of rotatable bonds is 2. The first-order valence-corrected chi connectivity index (χ1v) is 5.21. The summed E-state index contributed by atoms with van der Waals surface area (Å²) in [6.07, 6.45) is 5.87. The normalized spacial score (nSPS) is 10.8. The Morgan fingerprint density at radius 1 is 1.12 bits per heavy atom. The Morgan fingerprint density at radius 2 is 1.94 bits per heavy atom. The summed E-state index contributed by atoms with van der Waals surface area (Å²) in [5.74, 6) is 0. The minimum Gasteiger partial charge on any atom is -0.398 e. The van der Waals surface area contributed by atoms with Crippen molar-refractivity contribution in [1.82, 2.24) is 4.98 Å². The van der Waals surface area contributed by atoms with Gasteiger partial charge in [-0.1, -0.05) is 30.4 Å². The molecule has 2 aromatic rings. The molecule has 80 valence electrons. The number of aromatic nitrogens is 1. The topological polar surface area (TPSA) is 38.9 Å². The Bertz CT molecular complexity index is 516. The van der Waals surface area contributed by atoms with E-state index < -0.39 is 0 Å². The molecule has 0 aliphatic heterocycles. The van der Waals surface area contributed by atoms with Gasteiger partial charge in [-0.15, -0.1) is 0 Å². The number of nitrogens with two attached hydrogens (primary N) is 1. The van der Waals surface area contributed by atoms with Gasteiger partial charge in [0.1, 0.15) is 0 Å². The third-order valence-corrected chi connectivity index (χ3v) is 2.37. The molecule has 0 fully saturated rings. The van der Waals surface area contributed by atoms with Crippen LogP contribution in [-0.4, -0.2) is 4.98 Å². The fraction of sp³-hybridized carbons (Fsp3) is 0.0714. The van der Waals surface area contributed by atoms with Gasteiger partial charge in [0.15, 0.2) is 0 Å². The zero-order valence-electron chi connectivity index (χ0n) is 9.22. The van der Waals surface area contributed by atoms with Gasteiger partial charge in [-0.3, -0.25) is 4.98 Å². The van der Waals surface area contributed by atoms with Gasteiger partial charge in [0.2, 0.25) is 0 Å². The van der Waals surface area contributed by atoms with Gasteiger partial charge < -0.3 is 5.73 Å². The SMILES string of the molecule is Cc1cc(/C=C/c2ccccc2N)ccn1. The van der Waals surface area contributed by atoms with E-state index >= 15 is 0 Å². The highest BCUT2D eigenvalue weighted by Gasteiger charge is 1.92. The van der Waals surface area contributed by atoms with E-state index in [9.17, 15) is 0 Å². The molecule has 0 saturated heterocycles. The monoisotopic (exact) mass is 210 g/mol. The summed E-state index contributed by atoms with van der Waals surface area (Å²) in [4.78, 5) is 4.15. The van der Waals surface area contributed by atoms with E-state index in [0.29, 0.717) is 0 Å². The van der Waals surface area contributed by atoms with Gasteiger partial charge in [0.05, 0.1) is 0 Å². The molecular formula is C14H14N2. The van der Waals surface area contributed by atoms with Crippen LogP contribution < -0.4 is 5.73 Å². The third-order valence-electron chi connectivity index (χ3n) is 2.37. The summed E-state index contributed by atoms with van der Waals surface area (Å²) in [7, 11) is 0. The van der Waals surface area contributed by atoms with Gasteiger partial charge in [0.25, 0.3) is 0 Å². The number of anilines is 1. The molecule has 0 radical (unpaired) electrons. The molecule has 0 aliphatic carbocycles. The molecule has 2 nitrogen and oxygen atoms in total. The first kappa shape index (κ1) is 10.4. The van der Waals surface area contributed by atoms with Crippen molar-refractivity contribution in [2.24, 2.45) is 0 Å². The van der Waals surface area contributed by atoms with E-state index in [-0.39, 0.29) is 0 Å². The number of hydrogen-bond donors (Lipinski definition) is 1. The average molecular weight is 210 g/mol. The standard InChI is InChI=1S/C14H14N2/c1-11-10-12(8-9-16-11)6-7-13-4-2-3-5-14(13)15/h2-10H,15H2,1H3/b7-6+. The molecule has 1 aromatic carbocycles. The first-order valence-electron chi connectivity index (χ1n) is 5.21. The molecule has 1 heterocycles. The molecule has 2 heteroatoms. The number of nitrogen functional groups attached to an aromatic ring is 1. The van der Waals surface area contributed by atoms with Crippen LogP contribution in [0.1, 0.15) is 16.8 Å². The molecule has 0 amide bonds. The summed E-state index contributed by atoms with van der Waals surface area (Å²) < 4.78 is 0. The largest absolute Gasteiger partial charge is 0.398 e. The van der Waals surface area contributed by atoms with Crippen LogP contribution >= 0.6 is 0 Å². The van der Waals surface area contributed by atoms with Crippen LogP contribution in [0.2, 0.25) is 0 Å². The molecule has 0 saturated carbocycles. The van der Waals surface area contributed by atoms with Gasteiger partial charge in [-0.05, 0) is 36.2 Å². The van der Waals surface area contributed by atoms with Crippen LogP contribution in [0.15, 0.2) is 42.6 Å². The fourth-order valence-electron chi connectivity index (χ4n) is 1.52. The highest BCUT2D eigenvalue weighted by molar-refractivity contribution is 5.75. The van der Waals surface area contributed by atoms with Gasteiger partial charge >= 0.3 is 0 Å². The van der Waals surface area contributed by atoms with Gasteiger partial charge in [-0.25, -0.2) is 0 Å². The lowest BCUT2D eigenvalue weighted by Gasteiger charge is -1.99. The average Bonchev–Trinajstić information content (AvgIpc) is 2.28. The molecular weight excluding hydrogens is 196 g/mol. The summed E-state index contributed by atoms with van der Waals surface area (Å²) in [5, 5.41) is 0. The van der Waals surface area contributed by atoms with Crippen LogP contribution in [0.5, 0.6) is 0 Å². The number of pyridine rings is 1. The van der Waals surface area contributed by atoms with E-state index in [1.54, 1.807) is 0 Å². The summed E-state index contributed by atoms with van der Waals surface area (Å²) >= 11 is 0. The quantitative estimate of drug-likeness (QED) is 0.773. The van der Waals surface area contributed by atoms with Crippen LogP contribution in [0.3, 0.4) is 0 Å².